The molecule has 0 amide bonds. The molecule has 1 saturated heterocycles. The van der Waals surface area contributed by atoms with Crippen LogP contribution in [-0.4, -0.2) is 23.9 Å². The van der Waals surface area contributed by atoms with Crippen LogP contribution in [0.25, 0.3) is 0 Å². The molecule has 0 atom stereocenters. The third-order valence-corrected chi connectivity index (χ3v) is 2.77. The van der Waals surface area contributed by atoms with E-state index in [4.69, 9.17) is 0 Å². The van der Waals surface area contributed by atoms with Gasteiger partial charge in [0.2, 0.25) is 0 Å². The monoisotopic (exact) mass is 182 g/mol. The molecule has 1 aliphatic heterocycles. The van der Waals surface area contributed by atoms with E-state index in [2.05, 4.69) is 9.88 Å². The molecule has 2 rings (SSSR count). The Hall–Kier alpha value is -0.900. The van der Waals surface area contributed by atoms with Gasteiger partial charge in [0, 0.05) is 24.5 Å². The largest absolute Gasteiger partial charge is 0.341 e. The van der Waals surface area contributed by atoms with Crippen LogP contribution in [0.15, 0.2) is 11.6 Å². The molecule has 1 aliphatic rings. The van der Waals surface area contributed by atoms with Gasteiger partial charge in [-0.25, -0.2) is 4.98 Å². The summed E-state index contributed by atoms with van der Waals surface area (Å²) in [5.41, 5.74) is 0. The van der Waals surface area contributed by atoms with Crippen LogP contribution in [0.4, 0.5) is 5.13 Å². The van der Waals surface area contributed by atoms with Crippen LogP contribution in [0.2, 0.25) is 0 Å². The van der Waals surface area contributed by atoms with E-state index in [9.17, 15) is 4.79 Å². The van der Waals surface area contributed by atoms with Crippen molar-refractivity contribution in [3.8, 4) is 0 Å². The maximum absolute atomic E-state index is 11.1. The summed E-state index contributed by atoms with van der Waals surface area (Å²) in [5.74, 6) is 0.330. The molecule has 2 heterocycles. The lowest BCUT2D eigenvalue weighted by molar-refractivity contribution is -0.118. The zero-order chi connectivity index (χ0) is 8.39. The summed E-state index contributed by atoms with van der Waals surface area (Å²) >= 11 is 1.59. The molecule has 0 N–H and O–H groups in total. The van der Waals surface area contributed by atoms with Crippen LogP contribution in [0.1, 0.15) is 12.8 Å². The molecule has 0 aromatic carbocycles. The summed E-state index contributed by atoms with van der Waals surface area (Å²) in [6, 6.07) is 0. The smallest absolute Gasteiger partial charge is 0.185 e. The predicted octanol–water partition coefficient (Wildman–Crippen LogP) is 1.31. The Labute approximate surface area is 75.0 Å². The quantitative estimate of drug-likeness (QED) is 0.656. The topological polar surface area (TPSA) is 33.2 Å². The van der Waals surface area contributed by atoms with Crippen molar-refractivity contribution in [1.82, 2.24) is 4.98 Å². The summed E-state index contributed by atoms with van der Waals surface area (Å²) in [6.45, 7) is 1.52. The average molecular weight is 182 g/mol. The first-order valence-electron chi connectivity index (χ1n) is 4.02. The van der Waals surface area contributed by atoms with Crippen LogP contribution >= 0.6 is 11.3 Å². The molecular weight excluding hydrogens is 172 g/mol. The van der Waals surface area contributed by atoms with Gasteiger partial charge in [0.15, 0.2) is 10.9 Å². The minimum absolute atomic E-state index is 0.330. The number of carbonyl (C=O) groups is 1. The minimum Gasteiger partial charge on any atom is -0.341 e. The van der Waals surface area contributed by atoms with Gasteiger partial charge in [-0.15, -0.1) is 11.3 Å². The summed E-state index contributed by atoms with van der Waals surface area (Å²) in [4.78, 5) is 17.3. The third kappa shape index (κ3) is 1.48. The number of nitrogens with zero attached hydrogens (tertiary/aromatic N) is 2. The molecule has 0 unspecified atom stereocenters. The van der Waals surface area contributed by atoms with Gasteiger partial charge in [-0.1, -0.05) is 0 Å². The second kappa shape index (κ2) is 3.23. The Bertz CT molecular complexity index is 271. The highest BCUT2D eigenvalue weighted by molar-refractivity contribution is 7.13. The van der Waals surface area contributed by atoms with Gasteiger partial charge in [-0.05, 0) is 6.42 Å². The van der Waals surface area contributed by atoms with Crippen molar-refractivity contribution in [3.63, 3.8) is 0 Å². The van der Waals surface area contributed by atoms with Gasteiger partial charge in [0.05, 0.1) is 6.54 Å². The van der Waals surface area contributed by atoms with Crippen molar-refractivity contribution < 1.29 is 4.79 Å². The number of carbonyl (C=O) groups excluding carboxylic acids is 1. The highest BCUT2D eigenvalue weighted by Gasteiger charge is 2.18. The first-order chi connectivity index (χ1) is 5.86. The van der Waals surface area contributed by atoms with Gasteiger partial charge in [-0.3, -0.25) is 4.79 Å². The maximum Gasteiger partial charge on any atom is 0.185 e. The Balaban J connectivity index is 2.09. The highest BCUT2D eigenvalue weighted by Crippen LogP contribution is 2.20. The fraction of sp³-hybridized carbons (Fsp3) is 0.500. The van der Waals surface area contributed by atoms with Crippen LogP contribution in [0, 0.1) is 0 Å². The van der Waals surface area contributed by atoms with Gasteiger partial charge in [0.25, 0.3) is 0 Å². The number of ketones is 1. The number of aromatic nitrogens is 1. The van der Waals surface area contributed by atoms with Crippen molar-refractivity contribution in [3.05, 3.63) is 11.6 Å². The fourth-order valence-corrected chi connectivity index (χ4v) is 2.04. The highest BCUT2D eigenvalue weighted by atomic mass is 32.1. The molecule has 12 heavy (non-hydrogen) atoms. The van der Waals surface area contributed by atoms with E-state index in [0.29, 0.717) is 12.3 Å². The maximum atomic E-state index is 11.1. The fourth-order valence-electron chi connectivity index (χ4n) is 1.37. The Kier molecular flexibility index (Phi) is 2.08. The first kappa shape index (κ1) is 7.73. The molecule has 4 heteroatoms. The minimum atomic E-state index is 0.330. The predicted molar refractivity (Wildman–Crippen MR) is 48.6 cm³/mol. The normalized spacial score (nSPS) is 18.3. The van der Waals surface area contributed by atoms with Crippen molar-refractivity contribution in [2.24, 2.45) is 0 Å². The first-order valence-corrected chi connectivity index (χ1v) is 4.90. The van der Waals surface area contributed by atoms with Crippen molar-refractivity contribution in [1.29, 1.82) is 0 Å². The average Bonchev–Trinajstić information content (AvgIpc) is 2.56. The SMILES string of the molecule is O=C1CCCN(c2nccs2)C1. The second-order valence-corrected chi connectivity index (χ2v) is 3.75. The lowest BCUT2D eigenvalue weighted by atomic mass is 10.1. The third-order valence-electron chi connectivity index (χ3n) is 1.94. The molecule has 1 fully saturated rings. The summed E-state index contributed by atoms with van der Waals surface area (Å²) < 4.78 is 0. The van der Waals surface area contributed by atoms with Crippen molar-refractivity contribution in [2.75, 3.05) is 18.0 Å². The van der Waals surface area contributed by atoms with E-state index in [0.717, 1.165) is 24.5 Å². The number of hydrogen-bond donors (Lipinski definition) is 0. The van der Waals surface area contributed by atoms with E-state index in [1.54, 1.807) is 17.5 Å². The number of anilines is 1. The van der Waals surface area contributed by atoms with E-state index < -0.39 is 0 Å². The van der Waals surface area contributed by atoms with Gasteiger partial charge in [0.1, 0.15) is 0 Å². The molecule has 0 radical (unpaired) electrons. The summed E-state index contributed by atoms with van der Waals surface area (Å²) in [7, 11) is 0. The van der Waals surface area contributed by atoms with Gasteiger partial charge >= 0.3 is 0 Å². The summed E-state index contributed by atoms with van der Waals surface area (Å²) in [6.07, 6.45) is 3.49. The molecule has 1 aromatic rings. The number of hydrogen-bond acceptors (Lipinski definition) is 4. The van der Waals surface area contributed by atoms with Crippen molar-refractivity contribution >= 4 is 22.3 Å². The van der Waals surface area contributed by atoms with E-state index in [-0.39, 0.29) is 0 Å². The zero-order valence-electron chi connectivity index (χ0n) is 6.69. The molecule has 0 saturated carbocycles. The van der Waals surface area contributed by atoms with E-state index in [1.165, 1.54) is 0 Å². The molecule has 3 nitrogen and oxygen atoms in total. The molecular formula is C8H10N2OS. The molecule has 0 bridgehead atoms. The summed E-state index contributed by atoms with van der Waals surface area (Å²) in [5, 5.41) is 2.91. The van der Waals surface area contributed by atoms with Gasteiger partial charge in [-0.2, -0.15) is 0 Å². The van der Waals surface area contributed by atoms with Crippen molar-refractivity contribution in [2.45, 2.75) is 12.8 Å². The second-order valence-electron chi connectivity index (χ2n) is 2.88. The van der Waals surface area contributed by atoms with Crippen LogP contribution < -0.4 is 4.90 Å². The lowest BCUT2D eigenvalue weighted by Gasteiger charge is -2.24. The number of rotatable bonds is 1. The lowest BCUT2D eigenvalue weighted by Crippen LogP contribution is -2.35. The molecule has 0 aliphatic carbocycles. The Morgan fingerprint density at radius 1 is 1.58 bits per heavy atom. The standard InChI is InChI=1S/C8H10N2OS/c11-7-2-1-4-10(6-7)8-9-3-5-12-8/h3,5H,1-2,4,6H2. The Morgan fingerprint density at radius 3 is 3.17 bits per heavy atom. The number of Topliss-reactive ketones (excluding diaryl/α,β-unsaturated/α-hetero) is 1. The van der Waals surface area contributed by atoms with Crippen LogP contribution in [-0.2, 0) is 4.79 Å². The van der Waals surface area contributed by atoms with Gasteiger partial charge < -0.3 is 4.90 Å². The molecule has 1 aromatic heterocycles. The number of piperidine rings is 1. The van der Waals surface area contributed by atoms with E-state index >= 15 is 0 Å². The van der Waals surface area contributed by atoms with E-state index in [1.807, 2.05) is 5.38 Å². The van der Waals surface area contributed by atoms with Crippen LogP contribution in [0.3, 0.4) is 0 Å². The van der Waals surface area contributed by atoms with Crippen LogP contribution in [0.5, 0.6) is 0 Å². The zero-order valence-corrected chi connectivity index (χ0v) is 7.51. The molecule has 0 spiro atoms. The Morgan fingerprint density at radius 2 is 2.50 bits per heavy atom. The number of thiazole rings is 1. The molecule has 64 valence electrons.